The Hall–Kier alpha value is -3.18. The monoisotopic (exact) mass is 458 g/mol. The summed E-state index contributed by atoms with van der Waals surface area (Å²) >= 11 is 0. The normalized spacial score (nSPS) is 11.1. The van der Waals surface area contributed by atoms with Crippen molar-refractivity contribution < 1.29 is 38.2 Å². The zero-order valence-corrected chi connectivity index (χ0v) is 19.5. The number of amides is 4. The van der Waals surface area contributed by atoms with E-state index in [4.69, 9.17) is 0 Å². The molecule has 182 valence electrons. The zero-order valence-electron chi connectivity index (χ0n) is 19.5. The van der Waals surface area contributed by atoms with Crippen LogP contribution in [0.1, 0.15) is 54.4 Å². The van der Waals surface area contributed by atoms with Crippen LogP contribution in [0.3, 0.4) is 0 Å². The van der Waals surface area contributed by atoms with E-state index in [1.807, 2.05) is 0 Å². The third-order valence-electron chi connectivity index (χ3n) is 4.09. The molecule has 12 heteroatoms. The van der Waals surface area contributed by atoms with Gasteiger partial charge in [0, 0.05) is 11.1 Å². The van der Waals surface area contributed by atoms with Crippen LogP contribution in [0.4, 0.5) is 0 Å². The number of nitrogens with one attached hydrogen (secondary N) is 4. The van der Waals surface area contributed by atoms with E-state index >= 15 is 0 Å². The highest BCUT2D eigenvalue weighted by Gasteiger charge is 2.30. The summed E-state index contributed by atoms with van der Waals surface area (Å²) < 4.78 is 9.33. The number of hydrogen-bond donors (Lipinski definition) is 4. The maximum atomic E-state index is 12.1. The molecule has 0 atom stereocenters. The van der Waals surface area contributed by atoms with Crippen LogP contribution in [0.15, 0.2) is 0 Å². The summed E-state index contributed by atoms with van der Waals surface area (Å²) in [6.45, 7) is 9.47. The molecule has 0 bridgehead atoms. The molecule has 0 spiro atoms. The average Bonchev–Trinajstić information content (AvgIpc) is 2.68. The van der Waals surface area contributed by atoms with Crippen LogP contribution in [0, 0.1) is 0 Å². The maximum Gasteiger partial charge on any atom is 0.325 e. The predicted molar refractivity (Wildman–Crippen MR) is 113 cm³/mol. The van der Waals surface area contributed by atoms with Gasteiger partial charge in [0.05, 0.1) is 13.2 Å². The predicted octanol–water partition coefficient (Wildman–Crippen LogP) is -1.09. The topological polar surface area (TPSA) is 169 Å². The number of carbonyl (C=O) groups is 6. The summed E-state index contributed by atoms with van der Waals surface area (Å²) in [5.41, 5.74) is -1.65. The van der Waals surface area contributed by atoms with Crippen LogP contribution >= 0.6 is 0 Å². The van der Waals surface area contributed by atoms with Gasteiger partial charge >= 0.3 is 35.6 Å². The summed E-state index contributed by atoms with van der Waals surface area (Å²) in [5, 5.41) is 9.45. The Morgan fingerprint density at radius 1 is 0.594 bits per heavy atom. The van der Waals surface area contributed by atoms with Crippen molar-refractivity contribution in [2.75, 3.05) is 26.3 Å². The summed E-state index contributed by atoms with van der Waals surface area (Å²) in [6.07, 6.45) is 0.698. The lowest BCUT2D eigenvalue weighted by atomic mass is 9.89. The van der Waals surface area contributed by atoms with E-state index in [1.54, 1.807) is 41.5 Å². The van der Waals surface area contributed by atoms with Crippen molar-refractivity contribution in [3.63, 3.8) is 0 Å². The largest absolute Gasteiger partial charge is 0.465 e. The lowest BCUT2D eigenvalue weighted by Crippen LogP contribution is -2.53. The van der Waals surface area contributed by atoms with Crippen molar-refractivity contribution in [2.45, 2.75) is 65.5 Å². The van der Waals surface area contributed by atoms with Crippen LogP contribution in [0.25, 0.3) is 0 Å². The van der Waals surface area contributed by atoms with Crippen molar-refractivity contribution in [3.8, 4) is 0 Å². The number of hydrogen-bond acceptors (Lipinski definition) is 8. The first kappa shape index (κ1) is 28.8. The Morgan fingerprint density at radius 2 is 0.906 bits per heavy atom. The molecule has 0 fully saturated rings. The number of rotatable bonds is 11. The molecule has 0 radical (unpaired) electrons. The Morgan fingerprint density at radius 3 is 1.19 bits per heavy atom. The minimum atomic E-state index is -0.975. The summed E-state index contributed by atoms with van der Waals surface area (Å²) in [7, 11) is 0. The summed E-state index contributed by atoms with van der Waals surface area (Å²) in [4.78, 5) is 70.3. The molecule has 0 rings (SSSR count). The van der Waals surface area contributed by atoms with E-state index in [-0.39, 0.29) is 13.2 Å². The fraction of sp³-hybridized carbons (Fsp3) is 0.700. The van der Waals surface area contributed by atoms with E-state index < -0.39 is 59.7 Å². The van der Waals surface area contributed by atoms with Gasteiger partial charge in [-0.25, -0.2) is 0 Å². The molecule has 12 nitrogen and oxygen atoms in total. The molecule has 0 heterocycles. The van der Waals surface area contributed by atoms with Gasteiger partial charge in [-0.15, -0.1) is 0 Å². The van der Waals surface area contributed by atoms with Crippen molar-refractivity contribution >= 4 is 35.6 Å². The summed E-state index contributed by atoms with van der Waals surface area (Å²) in [6, 6.07) is 0. The fourth-order valence-corrected chi connectivity index (χ4v) is 2.37. The molecular formula is C20H34N4O8. The number of esters is 2. The molecule has 0 unspecified atom stereocenters. The second-order valence-electron chi connectivity index (χ2n) is 8.15. The van der Waals surface area contributed by atoms with Gasteiger partial charge in [-0.1, -0.05) is 0 Å². The third-order valence-corrected chi connectivity index (χ3v) is 4.09. The highest BCUT2D eigenvalue weighted by molar-refractivity contribution is 6.36. The van der Waals surface area contributed by atoms with Crippen molar-refractivity contribution in [1.82, 2.24) is 21.3 Å². The molecule has 0 aromatic carbocycles. The van der Waals surface area contributed by atoms with E-state index in [2.05, 4.69) is 30.7 Å². The van der Waals surface area contributed by atoms with E-state index in [1.165, 1.54) is 0 Å². The maximum absolute atomic E-state index is 12.1. The standard InChI is InChI=1S/C20H34N4O8/c1-7-31-13(25)11-21-15(27)17(29)23-19(3,4)9-10-20(5,6)24-18(30)16(28)22-12-14(26)32-8-2/h7-12H2,1-6H3,(H,21,27)(H,22,28)(H,23,29)(H,24,30). The Bertz CT molecular complexity index is 658. The van der Waals surface area contributed by atoms with Crippen molar-refractivity contribution in [3.05, 3.63) is 0 Å². The lowest BCUT2D eigenvalue weighted by Gasteiger charge is -2.32. The van der Waals surface area contributed by atoms with Gasteiger partial charge in [0.15, 0.2) is 0 Å². The average molecular weight is 459 g/mol. The first-order valence-electron chi connectivity index (χ1n) is 10.2. The number of ether oxygens (including phenoxy) is 2. The first-order chi connectivity index (χ1) is 14.7. The van der Waals surface area contributed by atoms with E-state index in [0.29, 0.717) is 12.8 Å². The quantitative estimate of drug-likeness (QED) is 0.224. The number of carbonyl (C=O) groups excluding carboxylic acids is 6. The highest BCUT2D eigenvalue weighted by Crippen LogP contribution is 2.19. The first-order valence-corrected chi connectivity index (χ1v) is 10.2. The molecule has 0 saturated carbocycles. The molecule has 0 aromatic heterocycles. The van der Waals surface area contributed by atoms with E-state index in [9.17, 15) is 28.8 Å². The Kier molecular flexibility index (Phi) is 12.0. The van der Waals surface area contributed by atoms with Crippen LogP contribution in [-0.2, 0) is 38.2 Å². The minimum absolute atomic E-state index is 0.160. The van der Waals surface area contributed by atoms with Gasteiger partial charge in [-0.2, -0.15) is 0 Å². The third kappa shape index (κ3) is 12.5. The zero-order chi connectivity index (χ0) is 24.9. The molecule has 0 aliphatic heterocycles. The molecule has 0 aliphatic rings. The second kappa shape index (κ2) is 13.3. The van der Waals surface area contributed by atoms with Gasteiger partial charge in [-0.05, 0) is 54.4 Å². The minimum Gasteiger partial charge on any atom is -0.465 e. The van der Waals surface area contributed by atoms with Crippen molar-refractivity contribution in [2.24, 2.45) is 0 Å². The molecule has 32 heavy (non-hydrogen) atoms. The molecule has 0 aromatic rings. The Labute approximate surface area is 187 Å². The summed E-state index contributed by atoms with van der Waals surface area (Å²) in [5.74, 6) is -5.10. The Balaban J connectivity index is 4.58. The molecule has 4 amide bonds. The molecular weight excluding hydrogens is 424 g/mol. The van der Waals surface area contributed by atoms with Gasteiger partial charge in [0.1, 0.15) is 13.1 Å². The molecule has 4 N–H and O–H groups in total. The van der Waals surface area contributed by atoms with Gasteiger partial charge < -0.3 is 30.7 Å². The smallest absolute Gasteiger partial charge is 0.325 e. The van der Waals surface area contributed by atoms with E-state index in [0.717, 1.165) is 0 Å². The van der Waals surface area contributed by atoms with Crippen molar-refractivity contribution in [1.29, 1.82) is 0 Å². The second-order valence-corrected chi connectivity index (χ2v) is 8.15. The fourth-order valence-electron chi connectivity index (χ4n) is 2.37. The van der Waals surface area contributed by atoms with Gasteiger partial charge in [0.25, 0.3) is 0 Å². The highest BCUT2D eigenvalue weighted by atomic mass is 16.5. The molecule has 0 saturated heterocycles. The lowest BCUT2D eigenvalue weighted by molar-refractivity contribution is -0.146. The van der Waals surface area contributed by atoms with Gasteiger partial charge in [-0.3, -0.25) is 28.8 Å². The van der Waals surface area contributed by atoms with Crippen LogP contribution in [0.2, 0.25) is 0 Å². The van der Waals surface area contributed by atoms with Gasteiger partial charge in [0.2, 0.25) is 0 Å². The SMILES string of the molecule is CCOC(=O)CNC(=O)C(=O)NC(C)(C)CCC(C)(C)NC(=O)C(=O)NCC(=O)OCC. The van der Waals surface area contributed by atoms with Crippen LogP contribution in [0.5, 0.6) is 0 Å². The van der Waals surface area contributed by atoms with Crippen LogP contribution in [-0.4, -0.2) is 72.9 Å². The van der Waals surface area contributed by atoms with Crippen LogP contribution < -0.4 is 21.3 Å². The molecule has 0 aliphatic carbocycles.